The highest BCUT2D eigenvalue weighted by Crippen LogP contribution is 2.29. The Hall–Kier alpha value is -1.15. The SMILES string of the molecule is COC1CN(S(=O)(=O)c2ccc3c(c2)NCC3)CC1OC. The lowest BCUT2D eigenvalue weighted by molar-refractivity contribution is -0.00461. The van der Waals surface area contributed by atoms with E-state index in [-0.39, 0.29) is 12.2 Å². The summed E-state index contributed by atoms with van der Waals surface area (Å²) < 4.78 is 37.5. The van der Waals surface area contributed by atoms with Crippen molar-refractivity contribution < 1.29 is 17.9 Å². The van der Waals surface area contributed by atoms with Gasteiger partial charge in [-0.05, 0) is 24.1 Å². The van der Waals surface area contributed by atoms with Crippen LogP contribution in [-0.2, 0) is 25.9 Å². The first kappa shape index (κ1) is 14.8. The molecule has 0 bridgehead atoms. The monoisotopic (exact) mass is 312 g/mol. The molecule has 7 heteroatoms. The maximum absolute atomic E-state index is 12.7. The van der Waals surface area contributed by atoms with Gasteiger partial charge in [0.25, 0.3) is 0 Å². The molecule has 1 aromatic rings. The molecule has 3 rings (SSSR count). The van der Waals surface area contributed by atoms with E-state index in [4.69, 9.17) is 9.47 Å². The van der Waals surface area contributed by atoms with Gasteiger partial charge in [-0.2, -0.15) is 4.31 Å². The lowest BCUT2D eigenvalue weighted by atomic mass is 10.2. The van der Waals surface area contributed by atoms with E-state index >= 15 is 0 Å². The average molecular weight is 312 g/mol. The maximum atomic E-state index is 12.7. The normalized spacial score (nSPS) is 25.8. The summed E-state index contributed by atoms with van der Waals surface area (Å²) in [6, 6.07) is 5.29. The van der Waals surface area contributed by atoms with Gasteiger partial charge in [-0.1, -0.05) is 6.07 Å². The molecule has 1 fully saturated rings. The van der Waals surface area contributed by atoms with E-state index in [1.54, 1.807) is 26.4 Å². The highest BCUT2D eigenvalue weighted by Gasteiger charge is 2.40. The zero-order valence-electron chi connectivity index (χ0n) is 12.2. The van der Waals surface area contributed by atoms with Crippen molar-refractivity contribution >= 4 is 15.7 Å². The maximum Gasteiger partial charge on any atom is 0.243 e. The van der Waals surface area contributed by atoms with Gasteiger partial charge >= 0.3 is 0 Å². The first-order chi connectivity index (χ1) is 10.1. The van der Waals surface area contributed by atoms with Crippen LogP contribution in [0.25, 0.3) is 0 Å². The quantitative estimate of drug-likeness (QED) is 0.886. The molecule has 116 valence electrons. The molecule has 1 aromatic carbocycles. The summed E-state index contributed by atoms with van der Waals surface area (Å²) in [4.78, 5) is 0.322. The average Bonchev–Trinajstić information content (AvgIpc) is 3.12. The topological polar surface area (TPSA) is 67.9 Å². The Morgan fingerprint density at radius 2 is 1.86 bits per heavy atom. The summed E-state index contributed by atoms with van der Waals surface area (Å²) in [5.41, 5.74) is 2.08. The molecule has 0 spiro atoms. The van der Waals surface area contributed by atoms with Crippen molar-refractivity contribution in [2.24, 2.45) is 0 Å². The molecule has 21 heavy (non-hydrogen) atoms. The summed E-state index contributed by atoms with van der Waals surface area (Å²) >= 11 is 0. The number of benzene rings is 1. The third-order valence-electron chi connectivity index (χ3n) is 4.22. The van der Waals surface area contributed by atoms with Crippen molar-refractivity contribution in [1.82, 2.24) is 4.31 Å². The minimum atomic E-state index is -3.51. The van der Waals surface area contributed by atoms with Gasteiger partial charge in [-0.25, -0.2) is 8.42 Å². The number of fused-ring (bicyclic) bond motifs is 1. The molecular formula is C14H20N2O4S. The van der Waals surface area contributed by atoms with Gasteiger partial charge in [-0.15, -0.1) is 0 Å². The van der Waals surface area contributed by atoms with Crippen LogP contribution in [0.3, 0.4) is 0 Å². The Balaban J connectivity index is 1.87. The third kappa shape index (κ3) is 2.55. The van der Waals surface area contributed by atoms with Gasteiger partial charge < -0.3 is 14.8 Å². The Morgan fingerprint density at radius 1 is 1.19 bits per heavy atom. The summed E-state index contributed by atoms with van der Waals surface area (Å²) in [6.07, 6.45) is 0.492. The summed E-state index contributed by atoms with van der Waals surface area (Å²) in [5, 5.41) is 3.21. The molecule has 2 aliphatic heterocycles. The smallest absolute Gasteiger partial charge is 0.243 e. The Labute approximate surface area is 125 Å². The van der Waals surface area contributed by atoms with Crippen molar-refractivity contribution in [1.29, 1.82) is 0 Å². The summed E-state index contributed by atoms with van der Waals surface area (Å²) in [5.74, 6) is 0. The molecule has 0 aliphatic carbocycles. The molecule has 6 nitrogen and oxygen atoms in total. The van der Waals surface area contributed by atoms with Gasteiger partial charge in [0, 0.05) is 39.5 Å². The zero-order chi connectivity index (χ0) is 15.0. The predicted octanol–water partition coefficient (Wildman–Crippen LogP) is 0.689. The highest BCUT2D eigenvalue weighted by atomic mass is 32.2. The number of anilines is 1. The lowest BCUT2D eigenvalue weighted by Gasteiger charge is -2.16. The minimum Gasteiger partial charge on any atom is -0.384 e. The number of nitrogens with zero attached hydrogens (tertiary/aromatic N) is 1. The van der Waals surface area contributed by atoms with Crippen LogP contribution in [0.5, 0.6) is 0 Å². The van der Waals surface area contributed by atoms with Crippen LogP contribution in [0.2, 0.25) is 0 Å². The summed E-state index contributed by atoms with van der Waals surface area (Å²) in [6.45, 7) is 1.50. The van der Waals surface area contributed by atoms with Crippen LogP contribution in [0.1, 0.15) is 5.56 Å². The molecule has 1 saturated heterocycles. The Kier molecular flexibility index (Phi) is 3.92. The van der Waals surface area contributed by atoms with E-state index in [1.807, 2.05) is 6.07 Å². The molecule has 0 saturated carbocycles. The molecular weight excluding hydrogens is 292 g/mol. The van der Waals surface area contributed by atoms with Gasteiger partial charge in [-0.3, -0.25) is 0 Å². The van der Waals surface area contributed by atoms with Crippen molar-refractivity contribution in [3.63, 3.8) is 0 Å². The van der Waals surface area contributed by atoms with Crippen molar-refractivity contribution in [2.45, 2.75) is 23.5 Å². The van der Waals surface area contributed by atoms with Gasteiger partial charge in [0.2, 0.25) is 10.0 Å². The summed E-state index contributed by atoms with van der Waals surface area (Å²) in [7, 11) is -0.362. The zero-order valence-corrected chi connectivity index (χ0v) is 13.0. The fourth-order valence-corrected chi connectivity index (χ4v) is 4.43. The van der Waals surface area contributed by atoms with Crippen LogP contribution >= 0.6 is 0 Å². The first-order valence-corrected chi connectivity index (χ1v) is 8.43. The molecule has 2 aliphatic rings. The van der Waals surface area contributed by atoms with Crippen molar-refractivity contribution in [2.75, 3.05) is 39.2 Å². The van der Waals surface area contributed by atoms with Gasteiger partial charge in [0.05, 0.1) is 17.1 Å². The van der Waals surface area contributed by atoms with Gasteiger partial charge in [0.1, 0.15) is 0 Å². The molecule has 2 heterocycles. The fraction of sp³-hybridized carbons (Fsp3) is 0.571. The second-order valence-electron chi connectivity index (χ2n) is 5.37. The van der Waals surface area contributed by atoms with E-state index in [9.17, 15) is 8.42 Å². The molecule has 1 N–H and O–H groups in total. The number of methoxy groups -OCH3 is 2. The van der Waals surface area contributed by atoms with Crippen LogP contribution in [0.15, 0.2) is 23.1 Å². The van der Waals surface area contributed by atoms with Crippen molar-refractivity contribution in [3.05, 3.63) is 23.8 Å². The number of sulfonamides is 1. The third-order valence-corrected chi connectivity index (χ3v) is 6.04. The van der Waals surface area contributed by atoms with E-state index < -0.39 is 10.0 Å². The molecule has 0 radical (unpaired) electrons. The number of hydrogen-bond acceptors (Lipinski definition) is 5. The first-order valence-electron chi connectivity index (χ1n) is 6.99. The predicted molar refractivity (Wildman–Crippen MR) is 79.0 cm³/mol. The highest BCUT2D eigenvalue weighted by molar-refractivity contribution is 7.89. The van der Waals surface area contributed by atoms with Crippen LogP contribution in [-0.4, -0.2) is 58.8 Å². The minimum absolute atomic E-state index is 0.225. The largest absolute Gasteiger partial charge is 0.384 e. The van der Waals surface area contributed by atoms with Crippen LogP contribution in [0.4, 0.5) is 5.69 Å². The second kappa shape index (κ2) is 5.57. The standard InChI is InChI=1S/C14H20N2O4S/c1-19-13-8-16(9-14(13)20-2)21(17,18)11-4-3-10-5-6-15-12(10)7-11/h3-4,7,13-15H,5-6,8-9H2,1-2H3. The van der Waals surface area contributed by atoms with E-state index in [0.717, 1.165) is 18.7 Å². The number of nitrogens with one attached hydrogen (secondary N) is 1. The molecule has 2 unspecified atom stereocenters. The van der Waals surface area contributed by atoms with Crippen LogP contribution in [0, 0.1) is 0 Å². The van der Waals surface area contributed by atoms with E-state index in [2.05, 4.69) is 5.32 Å². The molecule has 0 amide bonds. The second-order valence-corrected chi connectivity index (χ2v) is 7.30. The van der Waals surface area contributed by atoms with Gasteiger partial charge in [0.15, 0.2) is 0 Å². The van der Waals surface area contributed by atoms with Crippen LogP contribution < -0.4 is 5.32 Å². The number of ether oxygens (including phenoxy) is 2. The molecule has 2 atom stereocenters. The van der Waals surface area contributed by atoms with E-state index in [0.29, 0.717) is 18.0 Å². The van der Waals surface area contributed by atoms with Crippen molar-refractivity contribution in [3.8, 4) is 0 Å². The lowest BCUT2D eigenvalue weighted by Crippen LogP contribution is -2.30. The fourth-order valence-electron chi connectivity index (χ4n) is 2.94. The Morgan fingerprint density at radius 3 is 2.48 bits per heavy atom. The number of rotatable bonds is 4. The number of hydrogen-bond donors (Lipinski definition) is 1. The van der Waals surface area contributed by atoms with E-state index in [1.165, 1.54) is 9.87 Å². The molecule has 0 aromatic heterocycles. The Bertz CT molecular complexity index is 620.